The Balaban J connectivity index is 2.02. The average Bonchev–Trinajstić information content (AvgIpc) is 2.90. The molecule has 1 amide bonds. The van der Waals surface area contributed by atoms with Gasteiger partial charge in [0.2, 0.25) is 0 Å². The van der Waals surface area contributed by atoms with Crippen molar-refractivity contribution in [3.63, 3.8) is 0 Å². The van der Waals surface area contributed by atoms with Gasteiger partial charge in [0.1, 0.15) is 11.8 Å². The normalized spacial score (nSPS) is 20.8. The molecule has 1 atom stereocenters. The van der Waals surface area contributed by atoms with Crippen molar-refractivity contribution in [1.82, 2.24) is 15.1 Å². The molecule has 8 heteroatoms. The summed E-state index contributed by atoms with van der Waals surface area (Å²) in [5, 5.41) is 7.04. The van der Waals surface area contributed by atoms with Crippen LogP contribution in [0.3, 0.4) is 0 Å². The number of alkyl carbamates (subject to hydrolysis) is 1. The molecule has 1 fully saturated rings. The maximum Gasteiger partial charge on any atom is 0.498 e. The van der Waals surface area contributed by atoms with E-state index in [2.05, 4.69) is 10.4 Å². The third-order valence-corrected chi connectivity index (χ3v) is 4.27. The first-order valence-electron chi connectivity index (χ1n) is 8.20. The van der Waals surface area contributed by atoms with E-state index in [0.717, 1.165) is 5.46 Å². The highest BCUT2D eigenvalue weighted by atomic mass is 16.7. The Kier molecular flexibility index (Phi) is 4.76. The van der Waals surface area contributed by atoms with Crippen molar-refractivity contribution in [3.05, 3.63) is 12.4 Å². The van der Waals surface area contributed by atoms with Crippen molar-refractivity contribution in [2.75, 3.05) is 0 Å². The van der Waals surface area contributed by atoms with Crippen LogP contribution in [-0.2, 0) is 14.0 Å². The predicted octanol–water partition coefficient (Wildman–Crippen LogP) is 2.23. The molecule has 2 rings (SSSR count). The highest BCUT2D eigenvalue weighted by molar-refractivity contribution is 6.62. The molecule has 1 aromatic heterocycles. The summed E-state index contributed by atoms with van der Waals surface area (Å²) >= 11 is 0. The molecule has 2 heterocycles. The van der Waals surface area contributed by atoms with E-state index in [1.165, 1.54) is 0 Å². The summed E-state index contributed by atoms with van der Waals surface area (Å²) in [5.41, 5.74) is -0.534. The fraction of sp³-hybridized carbons (Fsp3) is 0.750. The highest BCUT2D eigenvalue weighted by Crippen LogP contribution is 2.36. The number of carbonyl (C=O) groups is 1. The first-order valence-corrected chi connectivity index (χ1v) is 8.20. The molecule has 0 aromatic carbocycles. The summed E-state index contributed by atoms with van der Waals surface area (Å²) in [6, 6.07) is 0. The zero-order valence-corrected chi connectivity index (χ0v) is 15.8. The lowest BCUT2D eigenvalue weighted by molar-refractivity contribution is 0.00578. The third-order valence-electron chi connectivity index (χ3n) is 4.27. The Morgan fingerprint density at radius 2 is 1.83 bits per heavy atom. The minimum absolute atomic E-state index is 0.351. The fourth-order valence-corrected chi connectivity index (χ4v) is 2.21. The van der Waals surface area contributed by atoms with Gasteiger partial charge in [0.15, 0.2) is 0 Å². The van der Waals surface area contributed by atoms with E-state index in [0.29, 0.717) is 0 Å². The summed E-state index contributed by atoms with van der Waals surface area (Å²) in [6.07, 6.45) is 2.67. The molecule has 1 aliphatic rings. The van der Waals surface area contributed by atoms with Crippen molar-refractivity contribution in [3.8, 4) is 0 Å². The van der Waals surface area contributed by atoms with Crippen LogP contribution in [0.4, 0.5) is 4.79 Å². The molecule has 0 aliphatic carbocycles. The van der Waals surface area contributed by atoms with Crippen LogP contribution in [0, 0.1) is 0 Å². The van der Waals surface area contributed by atoms with Crippen LogP contribution in [0.1, 0.15) is 61.6 Å². The largest absolute Gasteiger partial charge is 0.498 e. The van der Waals surface area contributed by atoms with Gasteiger partial charge in [0.25, 0.3) is 0 Å². The number of nitrogens with one attached hydrogen (secondary N) is 1. The molecular weight excluding hydrogens is 309 g/mol. The molecule has 1 unspecified atom stereocenters. The van der Waals surface area contributed by atoms with E-state index < -0.39 is 30.0 Å². The van der Waals surface area contributed by atoms with Crippen molar-refractivity contribution < 1.29 is 18.8 Å². The molecule has 7 nitrogen and oxygen atoms in total. The number of amides is 1. The number of ether oxygens (including phenoxy) is 1. The maximum atomic E-state index is 11.9. The Morgan fingerprint density at radius 3 is 2.33 bits per heavy atom. The van der Waals surface area contributed by atoms with E-state index in [9.17, 15) is 4.79 Å². The van der Waals surface area contributed by atoms with Gasteiger partial charge in [-0.1, -0.05) is 0 Å². The Hall–Kier alpha value is -1.54. The summed E-state index contributed by atoms with van der Waals surface area (Å²) in [4.78, 5) is 11.9. The van der Waals surface area contributed by atoms with Gasteiger partial charge in [-0.3, -0.25) is 10.00 Å². The lowest BCUT2D eigenvalue weighted by Gasteiger charge is -2.32. The first-order chi connectivity index (χ1) is 10.8. The van der Waals surface area contributed by atoms with Gasteiger partial charge in [-0.25, -0.2) is 4.79 Å². The van der Waals surface area contributed by atoms with Crippen LogP contribution >= 0.6 is 0 Å². The average molecular weight is 337 g/mol. The summed E-state index contributed by atoms with van der Waals surface area (Å²) in [6.45, 7) is 15.3. The molecular formula is C16H28BN3O4. The molecule has 0 radical (unpaired) electrons. The van der Waals surface area contributed by atoms with E-state index in [-0.39, 0.29) is 6.17 Å². The second-order valence-corrected chi connectivity index (χ2v) is 8.16. The van der Waals surface area contributed by atoms with Gasteiger partial charge in [-0.2, -0.15) is 5.10 Å². The summed E-state index contributed by atoms with van der Waals surface area (Å²) < 4.78 is 18.9. The van der Waals surface area contributed by atoms with Gasteiger partial charge in [0, 0.05) is 17.9 Å². The SMILES string of the molecule is CC(NC(=O)OC(C)(C)C)n1cc(B2OC(C)(C)C(C)(C)O2)cn1. The minimum atomic E-state index is -0.540. The first kappa shape index (κ1) is 18.8. The van der Waals surface area contributed by atoms with E-state index >= 15 is 0 Å². The van der Waals surface area contributed by atoms with E-state index in [4.69, 9.17) is 14.0 Å². The third kappa shape index (κ3) is 4.10. The zero-order chi connectivity index (χ0) is 18.3. The van der Waals surface area contributed by atoms with E-state index in [1.54, 1.807) is 10.9 Å². The van der Waals surface area contributed by atoms with Gasteiger partial charge >= 0.3 is 13.2 Å². The lowest BCUT2D eigenvalue weighted by Crippen LogP contribution is -2.41. The zero-order valence-electron chi connectivity index (χ0n) is 15.8. The van der Waals surface area contributed by atoms with Gasteiger partial charge in [-0.05, 0) is 55.4 Å². The molecule has 134 valence electrons. The van der Waals surface area contributed by atoms with E-state index in [1.807, 2.05) is 61.6 Å². The number of aromatic nitrogens is 2. The molecule has 1 saturated heterocycles. The van der Waals surface area contributed by atoms with Gasteiger partial charge in [-0.15, -0.1) is 0 Å². The molecule has 1 N–H and O–H groups in total. The molecule has 0 spiro atoms. The second-order valence-electron chi connectivity index (χ2n) is 8.16. The lowest BCUT2D eigenvalue weighted by atomic mass is 9.82. The highest BCUT2D eigenvalue weighted by Gasteiger charge is 2.52. The van der Waals surface area contributed by atoms with Crippen LogP contribution in [-0.4, -0.2) is 39.8 Å². The topological polar surface area (TPSA) is 74.6 Å². The standard InChI is InChI=1S/C16H28BN3O4/c1-11(19-13(21)22-14(2,3)4)20-10-12(9-18-20)17-23-15(5,6)16(7,8)24-17/h9-11H,1-8H3,(H,19,21). The summed E-state index contributed by atoms with van der Waals surface area (Å²) in [7, 11) is -0.475. The van der Waals surface area contributed by atoms with Crippen molar-refractivity contribution in [1.29, 1.82) is 0 Å². The smallest absolute Gasteiger partial charge is 0.444 e. The molecule has 0 saturated carbocycles. The monoisotopic (exact) mass is 337 g/mol. The Morgan fingerprint density at radius 1 is 1.29 bits per heavy atom. The van der Waals surface area contributed by atoms with Crippen LogP contribution in [0.2, 0.25) is 0 Å². The maximum absolute atomic E-state index is 11.9. The molecule has 0 bridgehead atoms. The summed E-state index contributed by atoms with van der Waals surface area (Å²) in [5.74, 6) is 0. The number of carbonyl (C=O) groups excluding carboxylic acids is 1. The number of hydrogen-bond donors (Lipinski definition) is 1. The number of nitrogens with zero attached hydrogens (tertiary/aromatic N) is 2. The molecule has 24 heavy (non-hydrogen) atoms. The Bertz CT molecular complexity index is 591. The van der Waals surface area contributed by atoms with Crippen LogP contribution < -0.4 is 10.8 Å². The Labute approximate surface area is 144 Å². The van der Waals surface area contributed by atoms with Gasteiger partial charge < -0.3 is 14.0 Å². The van der Waals surface area contributed by atoms with Gasteiger partial charge in [0.05, 0.1) is 11.2 Å². The number of rotatable bonds is 3. The van der Waals surface area contributed by atoms with Crippen molar-refractivity contribution >= 4 is 18.7 Å². The van der Waals surface area contributed by atoms with Crippen LogP contribution in [0.25, 0.3) is 0 Å². The quantitative estimate of drug-likeness (QED) is 0.856. The fourth-order valence-electron chi connectivity index (χ4n) is 2.21. The predicted molar refractivity (Wildman–Crippen MR) is 92.0 cm³/mol. The number of hydrogen-bond acceptors (Lipinski definition) is 5. The van der Waals surface area contributed by atoms with Crippen LogP contribution in [0.15, 0.2) is 12.4 Å². The molecule has 1 aromatic rings. The van der Waals surface area contributed by atoms with Crippen LogP contribution in [0.5, 0.6) is 0 Å². The molecule has 1 aliphatic heterocycles. The van der Waals surface area contributed by atoms with Crippen molar-refractivity contribution in [2.24, 2.45) is 0 Å². The minimum Gasteiger partial charge on any atom is -0.444 e. The van der Waals surface area contributed by atoms with Crippen molar-refractivity contribution in [2.45, 2.75) is 78.4 Å². The second kappa shape index (κ2) is 6.08.